The van der Waals surface area contributed by atoms with E-state index in [1.165, 1.54) is 12.1 Å². The molecule has 0 bridgehead atoms. The molecule has 0 saturated carbocycles. The van der Waals surface area contributed by atoms with E-state index in [-0.39, 0.29) is 11.8 Å². The fraction of sp³-hybridized carbons (Fsp3) is 0.333. The predicted octanol–water partition coefficient (Wildman–Crippen LogP) is 2.24. The molecule has 1 aliphatic heterocycles. The maximum Gasteiger partial charge on any atom is 0.220 e. The summed E-state index contributed by atoms with van der Waals surface area (Å²) in [4.78, 5) is 11.1. The molecule has 2 N–H and O–H groups in total. The zero-order valence-corrected chi connectivity index (χ0v) is 11.4. The van der Waals surface area contributed by atoms with Crippen LogP contribution in [-0.4, -0.2) is 28.0 Å². The molecule has 3 rings (SSSR count). The Morgan fingerprint density at radius 3 is 2.70 bits per heavy atom. The van der Waals surface area contributed by atoms with Crippen LogP contribution >= 0.6 is 0 Å². The van der Waals surface area contributed by atoms with Crippen molar-refractivity contribution in [3.8, 4) is 11.3 Å². The van der Waals surface area contributed by atoms with Gasteiger partial charge in [-0.25, -0.2) is 14.4 Å². The highest BCUT2D eigenvalue weighted by Gasteiger charge is 2.21. The number of halogens is 1. The van der Waals surface area contributed by atoms with Crippen molar-refractivity contribution in [1.82, 2.24) is 14.9 Å². The zero-order chi connectivity index (χ0) is 14.1. The first-order chi connectivity index (χ1) is 9.67. The van der Waals surface area contributed by atoms with E-state index in [9.17, 15) is 4.39 Å². The van der Waals surface area contributed by atoms with Gasteiger partial charge in [-0.1, -0.05) is 6.92 Å². The van der Waals surface area contributed by atoms with Crippen molar-refractivity contribution in [2.45, 2.75) is 19.9 Å². The Balaban J connectivity index is 2.10. The molecule has 20 heavy (non-hydrogen) atoms. The van der Waals surface area contributed by atoms with E-state index in [0.717, 1.165) is 48.6 Å². The lowest BCUT2D eigenvalue weighted by atomic mass is 9.99. The Kier molecular flexibility index (Phi) is 3.36. The number of nitrogen functional groups attached to an aromatic ring is 1. The molecule has 0 amide bonds. The summed E-state index contributed by atoms with van der Waals surface area (Å²) in [6.45, 7) is 4.94. The van der Waals surface area contributed by atoms with Gasteiger partial charge in [0.05, 0.1) is 11.4 Å². The van der Waals surface area contributed by atoms with Crippen LogP contribution in [0.5, 0.6) is 0 Å². The first kappa shape index (κ1) is 13.0. The first-order valence-corrected chi connectivity index (χ1v) is 6.81. The summed E-state index contributed by atoms with van der Waals surface area (Å²) in [5.41, 5.74) is 9.64. The first-order valence-electron chi connectivity index (χ1n) is 6.81. The lowest BCUT2D eigenvalue weighted by Crippen LogP contribution is -2.31. The van der Waals surface area contributed by atoms with Crippen molar-refractivity contribution >= 4 is 5.95 Å². The van der Waals surface area contributed by atoms with E-state index in [1.807, 2.05) is 0 Å². The Bertz CT molecular complexity index is 625. The minimum Gasteiger partial charge on any atom is -0.368 e. The van der Waals surface area contributed by atoms with Crippen molar-refractivity contribution < 1.29 is 4.39 Å². The molecule has 0 aliphatic carbocycles. The number of nitrogens with two attached hydrogens (primary N) is 1. The van der Waals surface area contributed by atoms with Crippen LogP contribution in [0.25, 0.3) is 11.3 Å². The second-order valence-corrected chi connectivity index (χ2v) is 4.98. The molecule has 0 saturated heterocycles. The van der Waals surface area contributed by atoms with Crippen LogP contribution in [0, 0.1) is 5.82 Å². The molecule has 0 spiro atoms. The third kappa shape index (κ3) is 2.36. The minimum atomic E-state index is -0.250. The standard InChI is InChI=1S/C15H17FN4/c1-2-20-8-7-13-12(9-20)14(19-15(17)18-13)10-3-5-11(16)6-4-10/h3-6H,2,7-9H2,1H3,(H2,17,18,19). The van der Waals surface area contributed by atoms with Gasteiger partial charge in [-0.3, -0.25) is 4.90 Å². The second kappa shape index (κ2) is 5.17. The van der Waals surface area contributed by atoms with E-state index in [0.29, 0.717) is 0 Å². The molecular weight excluding hydrogens is 255 g/mol. The third-order valence-corrected chi connectivity index (χ3v) is 3.72. The van der Waals surface area contributed by atoms with Gasteiger partial charge in [0.1, 0.15) is 5.82 Å². The molecule has 0 fully saturated rings. The largest absolute Gasteiger partial charge is 0.368 e. The fourth-order valence-corrected chi connectivity index (χ4v) is 2.61. The van der Waals surface area contributed by atoms with Crippen LogP contribution in [0.15, 0.2) is 24.3 Å². The van der Waals surface area contributed by atoms with E-state index >= 15 is 0 Å². The number of likely N-dealkylation sites (N-methyl/N-ethyl adjacent to an activating group) is 1. The van der Waals surface area contributed by atoms with Gasteiger partial charge >= 0.3 is 0 Å². The van der Waals surface area contributed by atoms with Gasteiger partial charge in [0.25, 0.3) is 0 Å². The maximum atomic E-state index is 13.1. The van der Waals surface area contributed by atoms with E-state index in [4.69, 9.17) is 5.73 Å². The van der Waals surface area contributed by atoms with E-state index in [2.05, 4.69) is 21.8 Å². The van der Waals surface area contributed by atoms with Gasteiger partial charge in [-0.05, 0) is 30.8 Å². The Morgan fingerprint density at radius 1 is 1.25 bits per heavy atom. The van der Waals surface area contributed by atoms with Crippen LogP contribution in [0.1, 0.15) is 18.2 Å². The second-order valence-electron chi connectivity index (χ2n) is 4.98. The van der Waals surface area contributed by atoms with Gasteiger partial charge in [-0.2, -0.15) is 0 Å². The number of benzene rings is 1. The Labute approximate surface area is 117 Å². The van der Waals surface area contributed by atoms with Crippen LogP contribution in [0.4, 0.5) is 10.3 Å². The van der Waals surface area contributed by atoms with Crippen LogP contribution in [-0.2, 0) is 13.0 Å². The normalized spacial score (nSPS) is 15.1. The number of hydrogen-bond donors (Lipinski definition) is 1. The monoisotopic (exact) mass is 272 g/mol. The molecule has 1 aliphatic rings. The highest BCUT2D eigenvalue weighted by molar-refractivity contribution is 5.65. The highest BCUT2D eigenvalue weighted by Crippen LogP contribution is 2.28. The van der Waals surface area contributed by atoms with Gasteiger partial charge in [-0.15, -0.1) is 0 Å². The van der Waals surface area contributed by atoms with Gasteiger partial charge < -0.3 is 5.73 Å². The molecule has 0 radical (unpaired) electrons. The molecule has 0 atom stereocenters. The number of fused-ring (bicyclic) bond motifs is 1. The van der Waals surface area contributed by atoms with E-state index in [1.54, 1.807) is 12.1 Å². The summed E-state index contributed by atoms with van der Waals surface area (Å²) >= 11 is 0. The molecule has 2 aromatic rings. The number of nitrogens with zero attached hydrogens (tertiary/aromatic N) is 3. The average molecular weight is 272 g/mol. The molecule has 1 aromatic carbocycles. The third-order valence-electron chi connectivity index (χ3n) is 3.72. The summed E-state index contributed by atoms with van der Waals surface area (Å²) in [7, 11) is 0. The number of anilines is 1. The molecular formula is C15H17FN4. The van der Waals surface area contributed by atoms with Crippen LogP contribution < -0.4 is 5.73 Å². The lowest BCUT2D eigenvalue weighted by molar-refractivity contribution is 0.266. The zero-order valence-electron chi connectivity index (χ0n) is 11.4. The SMILES string of the molecule is CCN1CCc2nc(N)nc(-c3ccc(F)cc3)c2C1. The maximum absolute atomic E-state index is 13.1. The fourth-order valence-electron chi connectivity index (χ4n) is 2.61. The van der Waals surface area contributed by atoms with Crippen molar-refractivity contribution in [1.29, 1.82) is 0 Å². The summed E-state index contributed by atoms with van der Waals surface area (Å²) in [5, 5.41) is 0. The predicted molar refractivity (Wildman–Crippen MR) is 76.5 cm³/mol. The average Bonchev–Trinajstić information content (AvgIpc) is 2.47. The highest BCUT2D eigenvalue weighted by atomic mass is 19.1. The summed E-state index contributed by atoms with van der Waals surface area (Å²) < 4.78 is 13.1. The van der Waals surface area contributed by atoms with Crippen molar-refractivity contribution in [2.75, 3.05) is 18.8 Å². The number of hydrogen-bond acceptors (Lipinski definition) is 4. The quantitative estimate of drug-likeness (QED) is 0.911. The summed E-state index contributed by atoms with van der Waals surface area (Å²) in [5.74, 6) is 0.0350. The molecule has 5 heteroatoms. The molecule has 2 heterocycles. The van der Waals surface area contributed by atoms with Crippen molar-refractivity contribution in [3.63, 3.8) is 0 Å². The summed E-state index contributed by atoms with van der Waals surface area (Å²) in [6, 6.07) is 6.37. The van der Waals surface area contributed by atoms with Crippen LogP contribution in [0.2, 0.25) is 0 Å². The molecule has 4 nitrogen and oxygen atoms in total. The van der Waals surface area contributed by atoms with E-state index < -0.39 is 0 Å². The molecule has 0 unspecified atom stereocenters. The minimum absolute atomic E-state index is 0.250. The van der Waals surface area contributed by atoms with Crippen molar-refractivity contribution in [2.24, 2.45) is 0 Å². The Hall–Kier alpha value is -2.01. The molecule has 104 valence electrons. The number of aromatic nitrogens is 2. The molecule has 1 aromatic heterocycles. The van der Waals surface area contributed by atoms with Gasteiger partial charge in [0.2, 0.25) is 5.95 Å². The topological polar surface area (TPSA) is 55.0 Å². The number of rotatable bonds is 2. The smallest absolute Gasteiger partial charge is 0.220 e. The Morgan fingerprint density at radius 2 is 2.00 bits per heavy atom. The van der Waals surface area contributed by atoms with Gasteiger partial charge in [0.15, 0.2) is 0 Å². The van der Waals surface area contributed by atoms with Crippen LogP contribution in [0.3, 0.4) is 0 Å². The lowest BCUT2D eigenvalue weighted by Gasteiger charge is -2.28. The summed E-state index contributed by atoms with van der Waals surface area (Å²) in [6.07, 6.45) is 0.879. The van der Waals surface area contributed by atoms with Gasteiger partial charge in [0, 0.05) is 30.6 Å². The van der Waals surface area contributed by atoms with Crippen molar-refractivity contribution in [3.05, 3.63) is 41.3 Å².